The fourth-order valence-electron chi connectivity index (χ4n) is 2.80. The molecule has 2 aliphatic rings. The molecule has 0 aromatic carbocycles. The van der Waals surface area contributed by atoms with Crippen LogP contribution < -0.4 is 11.1 Å². The number of hydrogen-bond donors (Lipinski definition) is 4. The summed E-state index contributed by atoms with van der Waals surface area (Å²) < 4.78 is 5.17. The number of carbonyl (C=O) groups excluding carboxylic acids is 3. The molecule has 12 nitrogen and oxygen atoms in total. The molecule has 156 valence electrons. The molecule has 3 rings (SSSR count). The van der Waals surface area contributed by atoms with E-state index < -0.39 is 35.2 Å². The number of nitrogens with one attached hydrogen (secondary N) is 1. The Morgan fingerprint density at radius 2 is 2.20 bits per heavy atom. The number of thioether (sulfide) groups is 1. The summed E-state index contributed by atoms with van der Waals surface area (Å²) in [5.74, 6) is -3.19. The van der Waals surface area contributed by atoms with Gasteiger partial charge in [-0.05, 0) is 0 Å². The molecule has 1 aromatic heterocycles. The standard InChI is InChI=1S/C15H15N5O7SSe.Na.H/c1-5(21)27-2-6-3-28-13-9(12(23)20(13)10(6)14(24)25)18-11(22)8(19-26)7-4-29-15(16)17-7;;/h4,9,13,26H,2-3H2,1H3,(H2,16,17)(H,18,22)(H,24,25);;/b19-8-;;/t9-,13-;;/m1../s1. The van der Waals surface area contributed by atoms with Gasteiger partial charge in [-0.15, -0.1) is 0 Å². The number of rotatable bonds is 6. The van der Waals surface area contributed by atoms with E-state index in [0.717, 1.165) is 4.90 Å². The van der Waals surface area contributed by atoms with Crippen LogP contribution in [0.5, 0.6) is 0 Å². The first-order valence-electron chi connectivity index (χ1n) is 8.02. The fraction of sp³-hybridized carbons (Fsp3) is 0.333. The molecule has 2 atom stereocenters. The van der Waals surface area contributed by atoms with Crippen LogP contribution in [0.1, 0.15) is 12.6 Å². The van der Waals surface area contributed by atoms with Gasteiger partial charge in [0, 0.05) is 6.92 Å². The van der Waals surface area contributed by atoms with Crippen molar-refractivity contribution >= 4 is 90.0 Å². The molecule has 15 heteroatoms. The second-order valence-electron chi connectivity index (χ2n) is 5.92. The van der Waals surface area contributed by atoms with E-state index in [2.05, 4.69) is 15.5 Å². The number of aromatic nitrogens is 1. The number of esters is 1. The number of carboxylic acids is 1. The molecule has 0 radical (unpaired) electrons. The van der Waals surface area contributed by atoms with Gasteiger partial charge >= 0.3 is 191 Å². The third-order valence-corrected chi connectivity index (χ3v) is 6.82. The van der Waals surface area contributed by atoms with E-state index in [-0.39, 0.29) is 79.1 Å². The second kappa shape index (κ2) is 9.98. The molecule has 0 unspecified atom stereocenters. The van der Waals surface area contributed by atoms with Crippen molar-refractivity contribution in [1.29, 1.82) is 0 Å². The number of fused-ring (bicyclic) bond motifs is 1. The van der Waals surface area contributed by atoms with Gasteiger partial charge in [-0.3, -0.25) is 4.79 Å². The maximum absolute atomic E-state index is 12.5. The van der Waals surface area contributed by atoms with Crippen LogP contribution in [0.4, 0.5) is 4.69 Å². The Kier molecular flexibility index (Phi) is 8.13. The topological polar surface area (TPSA) is 185 Å². The first-order chi connectivity index (χ1) is 13.7. The number of hydrogen-bond acceptors (Lipinski definition) is 10. The monoisotopic (exact) mass is 513 g/mol. The number of ether oxygens (including phenoxy) is 1. The Balaban J connectivity index is 0.00000320. The Bertz CT molecular complexity index is 965. The van der Waals surface area contributed by atoms with Gasteiger partial charge in [-0.1, -0.05) is 0 Å². The third kappa shape index (κ3) is 4.74. The average molecular weight is 512 g/mol. The number of nitrogens with zero attached hydrogens (tertiary/aromatic N) is 3. The molecule has 0 spiro atoms. The normalized spacial score (nSPS) is 20.6. The van der Waals surface area contributed by atoms with E-state index in [1.165, 1.54) is 18.7 Å². The Labute approximate surface area is 201 Å². The van der Waals surface area contributed by atoms with Crippen molar-refractivity contribution in [3.8, 4) is 0 Å². The molecule has 0 bridgehead atoms. The number of β-lactam (4-membered cyclic amide) rings is 1. The summed E-state index contributed by atoms with van der Waals surface area (Å²) in [4.78, 5) is 54.2. The number of aliphatic carboxylic acids is 1. The van der Waals surface area contributed by atoms with Crippen LogP contribution in [0.25, 0.3) is 0 Å². The van der Waals surface area contributed by atoms with Crippen molar-refractivity contribution in [3.63, 3.8) is 0 Å². The van der Waals surface area contributed by atoms with Gasteiger partial charge < -0.3 is 0 Å². The summed E-state index contributed by atoms with van der Waals surface area (Å²) >= 11 is 0.960. The molecule has 3 heterocycles. The van der Waals surface area contributed by atoms with Crippen LogP contribution >= 0.6 is 11.8 Å². The minimum absolute atomic E-state index is 0. The molecule has 1 fully saturated rings. The summed E-state index contributed by atoms with van der Waals surface area (Å²) in [6.45, 7) is 0.952. The number of nitrogens with two attached hydrogens (primary N) is 1. The van der Waals surface area contributed by atoms with E-state index in [1.54, 1.807) is 4.94 Å². The van der Waals surface area contributed by atoms with Crippen LogP contribution in [0.2, 0.25) is 0 Å². The van der Waals surface area contributed by atoms with Crippen LogP contribution in [-0.2, 0) is 23.9 Å². The minimum atomic E-state index is -1.34. The van der Waals surface area contributed by atoms with Gasteiger partial charge in [0.1, 0.15) is 0 Å². The molecule has 30 heavy (non-hydrogen) atoms. The number of oxime groups is 1. The molecule has 0 saturated carbocycles. The number of carbonyl (C=O) groups is 4. The summed E-state index contributed by atoms with van der Waals surface area (Å²) in [5.41, 5.74) is 5.31. The zero-order chi connectivity index (χ0) is 21.3. The zero-order valence-corrected chi connectivity index (χ0v) is 17.3. The summed E-state index contributed by atoms with van der Waals surface area (Å²) in [7, 11) is 0. The Hall–Kier alpha value is -1.83. The predicted octanol–water partition coefficient (Wildman–Crippen LogP) is -2.45. The van der Waals surface area contributed by atoms with Crippen LogP contribution in [0.15, 0.2) is 21.4 Å². The predicted molar refractivity (Wildman–Crippen MR) is 107 cm³/mol. The van der Waals surface area contributed by atoms with Gasteiger partial charge in [0.15, 0.2) is 0 Å². The van der Waals surface area contributed by atoms with E-state index in [1.807, 2.05) is 0 Å². The van der Waals surface area contributed by atoms with Gasteiger partial charge in [0.05, 0.1) is 0 Å². The molecule has 1 aromatic rings. The number of nitrogen functional groups attached to an aromatic ring is 1. The van der Waals surface area contributed by atoms with Gasteiger partial charge in [0.25, 0.3) is 0 Å². The molecular weight excluding hydrogens is 496 g/mol. The van der Waals surface area contributed by atoms with Crippen molar-refractivity contribution in [2.45, 2.75) is 18.3 Å². The SMILES string of the molecule is CC(=O)OCC1=C(C(=O)O)N2C(=O)[C@@H](NC(=O)/C(=N\O)c3c[se]c(N)n3)[C@H]2SC1.[NaH]. The third-order valence-electron chi connectivity index (χ3n) is 4.07. The van der Waals surface area contributed by atoms with Crippen LogP contribution in [0.3, 0.4) is 0 Å². The Morgan fingerprint density at radius 1 is 1.50 bits per heavy atom. The molecule has 5 N–H and O–H groups in total. The number of anilines is 1. The average Bonchev–Trinajstić information content (AvgIpc) is 3.09. The first kappa shape index (κ1) is 24.4. The van der Waals surface area contributed by atoms with E-state index in [0.29, 0.717) is 4.69 Å². The zero-order valence-electron chi connectivity index (χ0n) is 14.8. The van der Waals surface area contributed by atoms with Crippen molar-refractivity contribution < 1.29 is 34.2 Å². The van der Waals surface area contributed by atoms with Crippen molar-refractivity contribution in [2.75, 3.05) is 18.1 Å². The summed E-state index contributed by atoms with van der Waals surface area (Å²) in [5, 5.41) is 23.4. The van der Waals surface area contributed by atoms with E-state index >= 15 is 0 Å². The first-order valence-corrected chi connectivity index (χ1v) is 10.9. The molecular formula is C15H16N5NaO7SSe. The van der Waals surface area contributed by atoms with Gasteiger partial charge in [-0.25, -0.2) is 0 Å². The molecule has 2 aliphatic heterocycles. The number of amides is 2. The van der Waals surface area contributed by atoms with Crippen LogP contribution in [0, 0.1) is 0 Å². The van der Waals surface area contributed by atoms with Crippen LogP contribution in [-0.4, -0.2) is 117 Å². The fourth-order valence-corrected chi connectivity index (χ4v) is 5.28. The van der Waals surface area contributed by atoms with Gasteiger partial charge in [-0.2, -0.15) is 0 Å². The molecule has 2 amide bonds. The summed E-state index contributed by atoms with van der Waals surface area (Å²) in [6.07, 6.45) is 0. The molecule has 1 saturated heterocycles. The van der Waals surface area contributed by atoms with Crippen molar-refractivity contribution in [2.24, 2.45) is 5.16 Å². The maximum atomic E-state index is 12.5. The number of carboxylic acid groups (broad SMARTS) is 1. The van der Waals surface area contributed by atoms with Crippen molar-refractivity contribution in [1.82, 2.24) is 15.2 Å². The second-order valence-corrected chi connectivity index (χ2v) is 8.89. The van der Waals surface area contributed by atoms with Crippen molar-refractivity contribution in [3.05, 3.63) is 21.9 Å². The van der Waals surface area contributed by atoms with E-state index in [9.17, 15) is 24.3 Å². The van der Waals surface area contributed by atoms with Gasteiger partial charge in [0.2, 0.25) is 0 Å². The molecule has 0 aliphatic carbocycles. The quantitative estimate of drug-likeness (QED) is 0.0797. The van der Waals surface area contributed by atoms with E-state index in [4.69, 9.17) is 15.7 Å². The summed E-state index contributed by atoms with van der Waals surface area (Å²) in [6, 6.07) is -1.01. The Morgan fingerprint density at radius 3 is 2.73 bits per heavy atom.